The quantitative estimate of drug-likeness (QED) is 0.874. The Morgan fingerprint density at radius 2 is 2.39 bits per heavy atom. The monoisotopic (exact) mass is 270 g/mol. The maximum atomic E-state index is 11.5. The van der Waals surface area contributed by atoms with Gasteiger partial charge in [-0.15, -0.1) is 0 Å². The van der Waals surface area contributed by atoms with Crippen molar-refractivity contribution in [3.8, 4) is 0 Å². The summed E-state index contributed by atoms with van der Waals surface area (Å²) in [5, 5.41) is 4.38. The van der Waals surface area contributed by atoms with E-state index in [2.05, 4.69) is 9.69 Å². The molecule has 0 saturated carbocycles. The predicted molar refractivity (Wildman–Crippen MR) is 71.8 cm³/mol. The van der Waals surface area contributed by atoms with Crippen LogP contribution in [-0.4, -0.2) is 41.1 Å². The van der Waals surface area contributed by atoms with E-state index in [0.717, 1.165) is 30.9 Å². The highest BCUT2D eigenvalue weighted by Crippen LogP contribution is 2.22. The van der Waals surface area contributed by atoms with Crippen molar-refractivity contribution in [1.29, 1.82) is 0 Å². The molecule has 3 N–H and O–H groups in total. The first-order valence-corrected chi connectivity index (χ1v) is 6.86. The highest BCUT2D eigenvalue weighted by molar-refractivity contribution is 7.10. The number of rotatable bonds is 3. The number of ether oxygens (including phenoxy) is 1. The molecule has 1 aliphatic rings. The molecule has 100 valence electrons. The Hall–Kier alpha value is -1.50. The van der Waals surface area contributed by atoms with Crippen LogP contribution < -0.4 is 11.1 Å². The van der Waals surface area contributed by atoms with Crippen molar-refractivity contribution in [2.75, 3.05) is 30.7 Å². The van der Waals surface area contributed by atoms with E-state index in [9.17, 15) is 4.79 Å². The van der Waals surface area contributed by atoms with Gasteiger partial charge >= 0.3 is 6.09 Å². The number of nitrogen functional groups attached to an aromatic ring is 1. The summed E-state index contributed by atoms with van der Waals surface area (Å²) in [7, 11) is 0. The molecule has 2 heterocycles. The normalized spacial score (nSPS) is 16.6. The van der Waals surface area contributed by atoms with Crippen molar-refractivity contribution in [2.24, 2.45) is 0 Å². The second kappa shape index (κ2) is 5.90. The van der Waals surface area contributed by atoms with Crippen LogP contribution in [-0.2, 0) is 4.74 Å². The minimum Gasteiger partial charge on any atom is -0.450 e. The van der Waals surface area contributed by atoms with Gasteiger partial charge in [0, 0.05) is 25.2 Å². The van der Waals surface area contributed by atoms with Crippen LogP contribution in [0.3, 0.4) is 0 Å². The Balaban J connectivity index is 1.78. The van der Waals surface area contributed by atoms with E-state index >= 15 is 0 Å². The molecule has 1 aromatic rings. The van der Waals surface area contributed by atoms with Crippen LogP contribution in [0.5, 0.6) is 0 Å². The van der Waals surface area contributed by atoms with Gasteiger partial charge in [0.2, 0.25) is 0 Å². The molecule has 1 saturated heterocycles. The van der Waals surface area contributed by atoms with Gasteiger partial charge in [-0.05, 0) is 31.3 Å². The van der Waals surface area contributed by atoms with Crippen molar-refractivity contribution < 1.29 is 9.53 Å². The molecule has 1 aromatic heterocycles. The van der Waals surface area contributed by atoms with Gasteiger partial charge in [-0.3, -0.25) is 0 Å². The largest absolute Gasteiger partial charge is 0.450 e. The number of amides is 1. The Kier molecular flexibility index (Phi) is 4.24. The molecule has 1 fully saturated rings. The van der Waals surface area contributed by atoms with Crippen molar-refractivity contribution in [1.82, 2.24) is 9.27 Å². The summed E-state index contributed by atoms with van der Waals surface area (Å²) in [6.45, 7) is 3.70. The Bertz CT molecular complexity index is 402. The number of likely N-dealkylation sites (tertiary alicyclic amines) is 1. The number of nitrogens with zero attached hydrogens (tertiary/aromatic N) is 2. The number of nitrogens with one attached hydrogen (secondary N) is 1. The molecule has 7 heteroatoms. The molecule has 0 radical (unpaired) electrons. The van der Waals surface area contributed by atoms with E-state index in [1.54, 1.807) is 4.90 Å². The maximum Gasteiger partial charge on any atom is 0.409 e. The second-order valence-electron chi connectivity index (χ2n) is 4.22. The van der Waals surface area contributed by atoms with Crippen LogP contribution in [0.4, 0.5) is 15.6 Å². The van der Waals surface area contributed by atoms with Gasteiger partial charge in [-0.1, -0.05) is 0 Å². The third-order valence-electron chi connectivity index (χ3n) is 2.90. The van der Waals surface area contributed by atoms with Gasteiger partial charge in [0.25, 0.3) is 0 Å². The fraction of sp³-hybridized carbons (Fsp3) is 0.636. The van der Waals surface area contributed by atoms with E-state index in [-0.39, 0.29) is 6.09 Å². The first kappa shape index (κ1) is 12.9. The average Bonchev–Trinajstić information content (AvgIpc) is 2.76. The van der Waals surface area contributed by atoms with Crippen LogP contribution in [0, 0.1) is 0 Å². The van der Waals surface area contributed by atoms with Gasteiger partial charge in [0.1, 0.15) is 10.8 Å². The number of aromatic nitrogens is 1. The summed E-state index contributed by atoms with van der Waals surface area (Å²) in [5.41, 5.74) is 5.57. The highest BCUT2D eigenvalue weighted by Gasteiger charge is 2.23. The number of anilines is 2. The minimum absolute atomic E-state index is 0.210. The molecule has 0 spiro atoms. The smallest absolute Gasteiger partial charge is 0.409 e. The van der Waals surface area contributed by atoms with E-state index in [0.29, 0.717) is 18.5 Å². The number of carbonyl (C=O) groups is 1. The molecule has 0 atom stereocenters. The number of carbonyl (C=O) groups excluding carboxylic acids is 1. The zero-order valence-corrected chi connectivity index (χ0v) is 11.2. The summed E-state index contributed by atoms with van der Waals surface area (Å²) < 4.78 is 9.00. The summed E-state index contributed by atoms with van der Waals surface area (Å²) in [6, 6.07) is 2.21. The van der Waals surface area contributed by atoms with Gasteiger partial charge in [-0.25, -0.2) is 4.79 Å². The third-order valence-corrected chi connectivity index (χ3v) is 3.63. The molecule has 2 rings (SSSR count). The standard InChI is InChI=1S/C11H18N4O2S/c1-2-17-11(16)15-5-3-8(4-6-15)13-10-7-9(12)14-18-10/h7-8,13H,2-6H2,1H3,(H2,12,14). The van der Waals surface area contributed by atoms with Crippen LogP contribution >= 0.6 is 11.5 Å². The molecule has 0 bridgehead atoms. The molecule has 6 nitrogen and oxygen atoms in total. The molecule has 1 aliphatic heterocycles. The lowest BCUT2D eigenvalue weighted by Gasteiger charge is -2.31. The van der Waals surface area contributed by atoms with Crippen molar-refractivity contribution >= 4 is 28.4 Å². The van der Waals surface area contributed by atoms with Crippen molar-refractivity contribution in [3.63, 3.8) is 0 Å². The fourth-order valence-corrected chi connectivity index (χ4v) is 2.63. The van der Waals surface area contributed by atoms with Gasteiger partial charge in [0.05, 0.1) is 6.61 Å². The number of hydrogen-bond donors (Lipinski definition) is 2. The summed E-state index contributed by atoms with van der Waals surface area (Å²) >= 11 is 1.37. The molecular formula is C11H18N4O2S. The topological polar surface area (TPSA) is 80.5 Å². The molecule has 18 heavy (non-hydrogen) atoms. The van der Waals surface area contributed by atoms with Gasteiger partial charge in [-0.2, -0.15) is 4.37 Å². The SMILES string of the molecule is CCOC(=O)N1CCC(Nc2cc(N)ns2)CC1. The lowest BCUT2D eigenvalue weighted by molar-refractivity contribution is 0.0983. The maximum absolute atomic E-state index is 11.5. The zero-order valence-electron chi connectivity index (χ0n) is 10.4. The van der Waals surface area contributed by atoms with Gasteiger partial charge < -0.3 is 20.7 Å². The Morgan fingerprint density at radius 1 is 1.67 bits per heavy atom. The summed E-state index contributed by atoms with van der Waals surface area (Å²) in [5.74, 6) is 0.548. The van der Waals surface area contributed by atoms with Crippen LogP contribution in [0.2, 0.25) is 0 Å². The molecule has 0 unspecified atom stereocenters. The lowest BCUT2D eigenvalue weighted by atomic mass is 10.1. The lowest BCUT2D eigenvalue weighted by Crippen LogP contribution is -2.42. The number of hydrogen-bond acceptors (Lipinski definition) is 6. The Labute approximate surface area is 110 Å². The van der Waals surface area contributed by atoms with Crippen molar-refractivity contribution in [3.05, 3.63) is 6.07 Å². The molecule has 0 aromatic carbocycles. The predicted octanol–water partition coefficient (Wildman–Crippen LogP) is 1.76. The van der Waals surface area contributed by atoms with Crippen LogP contribution in [0.1, 0.15) is 19.8 Å². The van der Waals surface area contributed by atoms with Gasteiger partial charge in [0.15, 0.2) is 0 Å². The molecular weight excluding hydrogens is 252 g/mol. The van der Waals surface area contributed by atoms with Crippen LogP contribution in [0.25, 0.3) is 0 Å². The minimum atomic E-state index is -0.210. The zero-order chi connectivity index (χ0) is 13.0. The first-order chi connectivity index (χ1) is 8.69. The Morgan fingerprint density at radius 3 is 2.94 bits per heavy atom. The average molecular weight is 270 g/mol. The second-order valence-corrected chi connectivity index (χ2v) is 5.03. The van der Waals surface area contributed by atoms with E-state index < -0.39 is 0 Å². The summed E-state index contributed by atoms with van der Waals surface area (Å²) in [4.78, 5) is 13.3. The third kappa shape index (κ3) is 3.25. The molecule has 0 aliphatic carbocycles. The van der Waals surface area contributed by atoms with E-state index in [1.807, 2.05) is 13.0 Å². The highest BCUT2D eigenvalue weighted by atomic mass is 32.1. The summed E-state index contributed by atoms with van der Waals surface area (Å²) in [6.07, 6.45) is 1.62. The number of nitrogens with two attached hydrogens (primary N) is 1. The van der Waals surface area contributed by atoms with E-state index in [4.69, 9.17) is 10.5 Å². The van der Waals surface area contributed by atoms with E-state index in [1.165, 1.54) is 11.5 Å². The van der Waals surface area contributed by atoms with Crippen molar-refractivity contribution in [2.45, 2.75) is 25.8 Å². The van der Waals surface area contributed by atoms with Crippen LogP contribution in [0.15, 0.2) is 6.07 Å². The first-order valence-electron chi connectivity index (χ1n) is 6.09. The molecule has 1 amide bonds. The number of piperidine rings is 1. The fourth-order valence-electron chi connectivity index (χ4n) is 1.98.